The van der Waals surface area contributed by atoms with Crippen molar-refractivity contribution in [3.05, 3.63) is 34.8 Å². The third-order valence-electron chi connectivity index (χ3n) is 6.54. The second kappa shape index (κ2) is 13.6. The molecule has 188 valence electrons. The van der Waals surface area contributed by atoms with Gasteiger partial charge in [0.1, 0.15) is 5.76 Å². The zero-order valence-electron chi connectivity index (χ0n) is 22.1. The average Bonchev–Trinajstić information content (AvgIpc) is 2.75. The lowest BCUT2D eigenvalue weighted by Gasteiger charge is -2.35. The summed E-state index contributed by atoms with van der Waals surface area (Å²) in [5.74, 6) is -0.480. The van der Waals surface area contributed by atoms with E-state index < -0.39 is 12.1 Å². The van der Waals surface area contributed by atoms with Gasteiger partial charge in [0.2, 0.25) is 11.5 Å². The van der Waals surface area contributed by atoms with E-state index in [0.29, 0.717) is 12.2 Å². The molecule has 0 aromatic rings. The van der Waals surface area contributed by atoms with Crippen molar-refractivity contribution < 1.29 is 28.5 Å². The topological polar surface area (TPSA) is 71.1 Å². The fourth-order valence-electron chi connectivity index (χ4n) is 4.22. The summed E-state index contributed by atoms with van der Waals surface area (Å²) >= 11 is 0. The molecular formula is C27H44O6. The van der Waals surface area contributed by atoms with Gasteiger partial charge in [-0.3, -0.25) is 9.59 Å². The highest BCUT2D eigenvalue weighted by Gasteiger charge is 2.45. The minimum atomic E-state index is -0.867. The van der Waals surface area contributed by atoms with Crippen LogP contribution in [-0.4, -0.2) is 44.8 Å². The van der Waals surface area contributed by atoms with Gasteiger partial charge in [0.15, 0.2) is 6.10 Å². The molecule has 0 amide bonds. The molecule has 0 aliphatic heterocycles. The Morgan fingerprint density at radius 3 is 2.18 bits per heavy atom. The van der Waals surface area contributed by atoms with Gasteiger partial charge < -0.3 is 18.9 Å². The number of ketones is 1. The SMILES string of the molecule is COC1=C(OC)C(C)C(C/C=C(\C)CC/C=C(\C)CCCC(C)(C)OC)C(OC(C)=O)C1=O. The first-order chi connectivity index (χ1) is 15.5. The van der Waals surface area contributed by atoms with Crippen molar-refractivity contribution in [3.63, 3.8) is 0 Å². The van der Waals surface area contributed by atoms with Crippen LogP contribution in [0, 0.1) is 11.8 Å². The molecule has 6 heteroatoms. The third-order valence-corrected chi connectivity index (χ3v) is 6.54. The molecule has 3 atom stereocenters. The molecule has 0 aromatic carbocycles. The Morgan fingerprint density at radius 2 is 1.64 bits per heavy atom. The number of hydrogen-bond acceptors (Lipinski definition) is 6. The van der Waals surface area contributed by atoms with Crippen LogP contribution in [0.5, 0.6) is 0 Å². The van der Waals surface area contributed by atoms with E-state index in [0.717, 1.165) is 32.1 Å². The fourth-order valence-corrected chi connectivity index (χ4v) is 4.22. The fraction of sp³-hybridized carbons (Fsp3) is 0.704. The van der Waals surface area contributed by atoms with Crippen LogP contribution in [-0.2, 0) is 28.5 Å². The standard InChI is InChI=1S/C27H44O6/c1-18(14-11-17-27(5,6)32-9)12-10-13-19(2)15-16-22-20(3)24(30-7)26(31-8)23(29)25(22)33-21(4)28/h12,15,20,22,25H,10-11,13-14,16-17H2,1-9H3/b18-12+,19-15+. The molecule has 0 spiro atoms. The van der Waals surface area contributed by atoms with Gasteiger partial charge in [-0.15, -0.1) is 0 Å². The van der Waals surface area contributed by atoms with E-state index in [1.165, 1.54) is 32.3 Å². The molecule has 0 heterocycles. The van der Waals surface area contributed by atoms with Crippen molar-refractivity contribution in [2.45, 2.75) is 91.8 Å². The molecule has 0 fully saturated rings. The van der Waals surface area contributed by atoms with Gasteiger partial charge in [-0.2, -0.15) is 0 Å². The predicted octanol–water partition coefficient (Wildman–Crippen LogP) is 5.92. The lowest BCUT2D eigenvalue weighted by atomic mass is 9.77. The van der Waals surface area contributed by atoms with Crippen molar-refractivity contribution >= 4 is 11.8 Å². The summed E-state index contributed by atoms with van der Waals surface area (Å²) in [6, 6.07) is 0. The molecule has 3 unspecified atom stereocenters. The number of ether oxygens (including phenoxy) is 4. The maximum atomic E-state index is 12.9. The number of carbonyl (C=O) groups is 2. The lowest BCUT2D eigenvalue weighted by Crippen LogP contribution is -2.43. The number of hydrogen-bond donors (Lipinski definition) is 0. The van der Waals surface area contributed by atoms with Crippen molar-refractivity contribution in [1.82, 2.24) is 0 Å². The number of rotatable bonds is 13. The molecule has 6 nitrogen and oxygen atoms in total. The molecule has 0 N–H and O–H groups in total. The molecular weight excluding hydrogens is 420 g/mol. The van der Waals surface area contributed by atoms with Crippen LogP contribution in [0.3, 0.4) is 0 Å². The largest absolute Gasteiger partial charge is 0.497 e. The second-order valence-electron chi connectivity index (χ2n) is 9.64. The van der Waals surface area contributed by atoms with Crippen molar-refractivity contribution in [2.75, 3.05) is 21.3 Å². The number of allylic oxidation sites excluding steroid dienone is 5. The quantitative estimate of drug-likeness (QED) is 0.249. The van der Waals surface area contributed by atoms with Gasteiger partial charge in [-0.1, -0.05) is 30.2 Å². The normalized spacial score (nSPS) is 22.5. The molecule has 0 saturated heterocycles. The molecule has 1 rings (SSSR count). The third kappa shape index (κ3) is 9.00. The van der Waals surface area contributed by atoms with Crippen molar-refractivity contribution in [3.8, 4) is 0 Å². The van der Waals surface area contributed by atoms with Crippen LogP contribution in [0.1, 0.15) is 80.1 Å². The van der Waals surface area contributed by atoms with E-state index >= 15 is 0 Å². The van der Waals surface area contributed by atoms with E-state index in [1.807, 2.05) is 6.92 Å². The zero-order valence-corrected chi connectivity index (χ0v) is 22.1. The highest BCUT2D eigenvalue weighted by atomic mass is 16.6. The van der Waals surface area contributed by atoms with Gasteiger partial charge in [0.25, 0.3) is 0 Å². The highest BCUT2D eigenvalue weighted by Crippen LogP contribution is 2.38. The van der Waals surface area contributed by atoms with Gasteiger partial charge in [-0.05, 0) is 66.2 Å². The summed E-state index contributed by atoms with van der Waals surface area (Å²) < 4.78 is 21.7. The van der Waals surface area contributed by atoms with E-state index in [-0.39, 0.29) is 29.0 Å². The summed E-state index contributed by atoms with van der Waals surface area (Å²) in [4.78, 5) is 24.6. The summed E-state index contributed by atoms with van der Waals surface area (Å²) in [7, 11) is 4.73. The van der Waals surface area contributed by atoms with Crippen LogP contribution >= 0.6 is 0 Å². The van der Waals surface area contributed by atoms with Crippen LogP contribution in [0.2, 0.25) is 0 Å². The summed E-state index contributed by atoms with van der Waals surface area (Å²) in [6.45, 7) is 11.8. The van der Waals surface area contributed by atoms with Gasteiger partial charge >= 0.3 is 5.97 Å². The Kier molecular flexibility index (Phi) is 11.9. The van der Waals surface area contributed by atoms with E-state index in [9.17, 15) is 9.59 Å². The zero-order chi connectivity index (χ0) is 25.2. The smallest absolute Gasteiger partial charge is 0.303 e. The van der Waals surface area contributed by atoms with Crippen molar-refractivity contribution in [1.29, 1.82) is 0 Å². The van der Waals surface area contributed by atoms with Gasteiger partial charge in [0.05, 0.1) is 19.8 Å². The van der Waals surface area contributed by atoms with E-state index in [2.05, 4.69) is 39.8 Å². The highest BCUT2D eigenvalue weighted by molar-refractivity contribution is 5.99. The monoisotopic (exact) mass is 464 g/mol. The first-order valence-electron chi connectivity index (χ1n) is 11.9. The van der Waals surface area contributed by atoms with Crippen LogP contribution in [0.4, 0.5) is 0 Å². The van der Waals surface area contributed by atoms with Crippen LogP contribution in [0.15, 0.2) is 34.8 Å². The molecule has 0 radical (unpaired) electrons. The Hall–Kier alpha value is -2.08. The Balaban J connectivity index is 2.76. The molecule has 33 heavy (non-hydrogen) atoms. The number of Topliss-reactive ketones (excluding diaryl/α,β-unsaturated/α-hetero) is 1. The van der Waals surface area contributed by atoms with Gasteiger partial charge in [0, 0.05) is 25.9 Å². The number of carbonyl (C=O) groups excluding carboxylic acids is 2. The Morgan fingerprint density at radius 1 is 1.00 bits per heavy atom. The summed E-state index contributed by atoms with van der Waals surface area (Å²) in [6.07, 6.45) is 9.37. The summed E-state index contributed by atoms with van der Waals surface area (Å²) in [5, 5.41) is 0. The number of esters is 1. The maximum Gasteiger partial charge on any atom is 0.303 e. The maximum absolute atomic E-state index is 12.9. The first-order valence-corrected chi connectivity index (χ1v) is 11.9. The minimum Gasteiger partial charge on any atom is -0.497 e. The van der Waals surface area contributed by atoms with Crippen molar-refractivity contribution in [2.24, 2.45) is 11.8 Å². The first kappa shape index (κ1) is 29.0. The minimum absolute atomic E-state index is 0.0664. The molecule has 0 aromatic heterocycles. The number of methoxy groups -OCH3 is 3. The second-order valence-corrected chi connectivity index (χ2v) is 9.64. The summed E-state index contributed by atoms with van der Waals surface area (Å²) in [5.41, 5.74) is 2.59. The Bertz CT molecular complexity index is 759. The average molecular weight is 465 g/mol. The van der Waals surface area contributed by atoms with Crippen LogP contribution in [0.25, 0.3) is 0 Å². The Labute approximate surface area is 200 Å². The molecule has 1 aliphatic carbocycles. The molecule has 0 bridgehead atoms. The van der Waals surface area contributed by atoms with E-state index in [4.69, 9.17) is 18.9 Å². The van der Waals surface area contributed by atoms with E-state index in [1.54, 1.807) is 7.11 Å². The lowest BCUT2D eigenvalue weighted by molar-refractivity contribution is -0.159. The van der Waals surface area contributed by atoms with Gasteiger partial charge in [-0.25, -0.2) is 0 Å². The predicted molar refractivity (Wildman–Crippen MR) is 131 cm³/mol. The van der Waals surface area contributed by atoms with Crippen LogP contribution < -0.4 is 0 Å². The molecule has 0 saturated carbocycles. The molecule has 1 aliphatic rings.